The van der Waals surface area contributed by atoms with E-state index in [-0.39, 0.29) is 6.04 Å². The average Bonchev–Trinajstić information content (AvgIpc) is 2.95. The molecule has 0 aromatic carbocycles. The third-order valence-corrected chi connectivity index (χ3v) is 7.83. The van der Waals surface area contributed by atoms with Gasteiger partial charge in [0.15, 0.2) is 5.96 Å². The van der Waals surface area contributed by atoms with E-state index in [0.29, 0.717) is 30.9 Å². The normalized spacial score (nSPS) is 57.5. The van der Waals surface area contributed by atoms with Crippen molar-refractivity contribution in [3.05, 3.63) is 0 Å². The first-order chi connectivity index (χ1) is 10.6. The third kappa shape index (κ3) is 1.37. The molecule has 5 rings (SSSR count). The topological polar surface area (TPSA) is 79.9 Å². The summed E-state index contributed by atoms with van der Waals surface area (Å²) in [6, 6.07) is 0.139. The zero-order valence-electron chi connectivity index (χ0n) is 13.4. The van der Waals surface area contributed by atoms with Gasteiger partial charge in [-0.3, -0.25) is 4.99 Å². The highest BCUT2D eigenvalue weighted by Gasteiger charge is 2.84. The van der Waals surface area contributed by atoms with Crippen molar-refractivity contribution in [2.75, 3.05) is 20.3 Å². The Kier molecular flexibility index (Phi) is 2.58. The highest BCUT2D eigenvalue weighted by molar-refractivity contribution is 5.78. The van der Waals surface area contributed by atoms with Gasteiger partial charge in [-0.25, -0.2) is 0 Å². The second kappa shape index (κ2) is 4.18. The SMILES string of the molecule is COCC(C)NC(N)=NCC1(O)C2C3CC4C5C3CC2C5C41. The Labute approximate surface area is 131 Å². The van der Waals surface area contributed by atoms with Crippen LogP contribution in [0.5, 0.6) is 0 Å². The zero-order chi connectivity index (χ0) is 15.2. The average molecular weight is 305 g/mol. The van der Waals surface area contributed by atoms with E-state index in [1.54, 1.807) is 7.11 Å². The van der Waals surface area contributed by atoms with Crippen LogP contribution in [0.2, 0.25) is 0 Å². The van der Waals surface area contributed by atoms with Gasteiger partial charge in [-0.2, -0.15) is 0 Å². The van der Waals surface area contributed by atoms with Crippen LogP contribution in [0.4, 0.5) is 0 Å². The maximum Gasteiger partial charge on any atom is 0.188 e. The number of aliphatic hydroxyl groups is 1. The Morgan fingerprint density at radius 3 is 2.77 bits per heavy atom. The fourth-order valence-electron chi connectivity index (χ4n) is 7.74. The molecule has 5 aliphatic carbocycles. The van der Waals surface area contributed by atoms with Crippen molar-refractivity contribution in [1.29, 1.82) is 0 Å². The number of ether oxygens (including phenoxy) is 1. The van der Waals surface area contributed by atoms with Gasteiger partial charge in [-0.15, -0.1) is 0 Å². The molecule has 5 saturated carbocycles. The van der Waals surface area contributed by atoms with Crippen LogP contribution in [0.3, 0.4) is 0 Å². The summed E-state index contributed by atoms with van der Waals surface area (Å²) in [5, 5.41) is 14.6. The number of rotatable bonds is 5. The molecule has 5 aliphatic rings. The predicted molar refractivity (Wildman–Crippen MR) is 83.1 cm³/mol. The van der Waals surface area contributed by atoms with E-state index in [1.165, 1.54) is 12.8 Å². The molecule has 5 nitrogen and oxygen atoms in total. The first kappa shape index (κ1) is 13.6. The van der Waals surface area contributed by atoms with Crippen LogP contribution < -0.4 is 11.1 Å². The molecule has 22 heavy (non-hydrogen) atoms. The molecule has 0 aliphatic heterocycles. The molecule has 0 heterocycles. The van der Waals surface area contributed by atoms with Crippen molar-refractivity contribution >= 4 is 5.96 Å². The number of hydrogen-bond donors (Lipinski definition) is 3. The fraction of sp³-hybridized carbons (Fsp3) is 0.941. The smallest absolute Gasteiger partial charge is 0.188 e. The second-order valence-corrected chi connectivity index (χ2v) is 8.53. The van der Waals surface area contributed by atoms with E-state index in [4.69, 9.17) is 10.5 Å². The lowest BCUT2D eigenvalue weighted by molar-refractivity contribution is -0.123. The summed E-state index contributed by atoms with van der Waals surface area (Å²) in [5.41, 5.74) is 5.43. The van der Waals surface area contributed by atoms with Crippen LogP contribution in [0.1, 0.15) is 19.8 Å². The quantitative estimate of drug-likeness (QED) is 0.508. The van der Waals surface area contributed by atoms with Crippen molar-refractivity contribution in [2.24, 2.45) is 58.1 Å². The van der Waals surface area contributed by atoms with Crippen LogP contribution >= 0.6 is 0 Å². The highest BCUT2D eigenvalue weighted by Crippen LogP contribution is 2.85. The number of guanidine groups is 1. The summed E-state index contributed by atoms with van der Waals surface area (Å²) in [7, 11) is 1.68. The van der Waals surface area contributed by atoms with Gasteiger partial charge in [0.2, 0.25) is 0 Å². The standard InChI is InChI=1S/C17H27N3O2/c1-7(5-22-2)20-16(18)19-6-17(21)14-9-4-10-12-8(9)3-11(14)13(12)15(10)17/h7-15,21H,3-6H2,1-2H3,(H3,18,19,20). The van der Waals surface area contributed by atoms with Gasteiger partial charge < -0.3 is 20.9 Å². The summed E-state index contributed by atoms with van der Waals surface area (Å²) >= 11 is 0. The van der Waals surface area contributed by atoms with Gasteiger partial charge in [0.1, 0.15) is 0 Å². The summed E-state index contributed by atoms with van der Waals surface area (Å²) < 4.78 is 5.10. The Morgan fingerprint density at radius 2 is 2.00 bits per heavy atom. The Hall–Kier alpha value is -0.810. The molecule has 10 unspecified atom stereocenters. The molecule has 0 aromatic heterocycles. The van der Waals surface area contributed by atoms with E-state index in [1.807, 2.05) is 6.92 Å². The largest absolute Gasteiger partial charge is 0.387 e. The summed E-state index contributed by atoms with van der Waals surface area (Å²) in [4.78, 5) is 4.52. The van der Waals surface area contributed by atoms with Crippen LogP contribution in [-0.2, 0) is 4.74 Å². The van der Waals surface area contributed by atoms with Gasteiger partial charge in [0.05, 0.1) is 18.8 Å². The van der Waals surface area contributed by atoms with Crippen LogP contribution in [-0.4, -0.2) is 43.0 Å². The number of nitrogens with two attached hydrogens (primary N) is 1. The van der Waals surface area contributed by atoms with Gasteiger partial charge in [0, 0.05) is 13.2 Å². The fourth-order valence-corrected chi connectivity index (χ4v) is 7.74. The maximum atomic E-state index is 11.4. The van der Waals surface area contributed by atoms with Crippen molar-refractivity contribution in [3.63, 3.8) is 0 Å². The summed E-state index contributed by atoms with van der Waals surface area (Å²) in [5.74, 6) is 6.58. The number of nitrogens with zero attached hydrogens (tertiary/aromatic N) is 1. The van der Waals surface area contributed by atoms with E-state index in [0.717, 1.165) is 35.5 Å². The van der Waals surface area contributed by atoms with E-state index < -0.39 is 5.60 Å². The monoisotopic (exact) mass is 305 g/mol. The molecule has 4 N–H and O–H groups in total. The van der Waals surface area contributed by atoms with Crippen LogP contribution in [0.25, 0.3) is 0 Å². The minimum atomic E-state index is -0.568. The molecule has 0 aromatic rings. The number of nitrogens with one attached hydrogen (secondary N) is 1. The first-order valence-electron chi connectivity index (χ1n) is 8.84. The molecule has 10 atom stereocenters. The number of fused-ring (bicyclic) bond motifs is 2. The van der Waals surface area contributed by atoms with E-state index in [9.17, 15) is 5.11 Å². The molecule has 2 bridgehead atoms. The number of hydrogen-bond acceptors (Lipinski definition) is 3. The van der Waals surface area contributed by atoms with Crippen molar-refractivity contribution in [1.82, 2.24) is 5.32 Å². The van der Waals surface area contributed by atoms with Gasteiger partial charge in [-0.05, 0) is 67.1 Å². The van der Waals surface area contributed by atoms with E-state index in [2.05, 4.69) is 10.3 Å². The molecule has 122 valence electrons. The van der Waals surface area contributed by atoms with Crippen LogP contribution in [0, 0.1) is 47.3 Å². The minimum absolute atomic E-state index is 0.139. The minimum Gasteiger partial charge on any atom is -0.387 e. The lowest BCUT2D eigenvalue weighted by Gasteiger charge is -2.51. The zero-order valence-corrected chi connectivity index (χ0v) is 13.4. The third-order valence-electron chi connectivity index (χ3n) is 7.83. The van der Waals surface area contributed by atoms with Gasteiger partial charge >= 0.3 is 0 Å². The molecule has 0 radical (unpaired) electrons. The molecular formula is C17H27N3O2. The molecule has 0 spiro atoms. The van der Waals surface area contributed by atoms with Crippen molar-refractivity contribution < 1.29 is 9.84 Å². The van der Waals surface area contributed by atoms with Crippen LogP contribution in [0.15, 0.2) is 4.99 Å². The Morgan fingerprint density at radius 1 is 1.27 bits per heavy atom. The highest BCUT2D eigenvalue weighted by atomic mass is 16.5. The summed E-state index contributed by atoms with van der Waals surface area (Å²) in [6.45, 7) is 3.10. The van der Waals surface area contributed by atoms with E-state index >= 15 is 0 Å². The number of methoxy groups -OCH3 is 1. The molecule has 5 fully saturated rings. The molecule has 5 heteroatoms. The maximum absolute atomic E-state index is 11.4. The predicted octanol–water partition coefficient (Wildman–Crippen LogP) is 0.435. The Balaban J connectivity index is 1.33. The Bertz CT molecular complexity index is 532. The number of aliphatic imine (C=N–C) groups is 1. The molecule has 0 saturated heterocycles. The van der Waals surface area contributed by atoms with Crippen molar-refractivity contribution in [3.8, 4) is 0 Å². The van der Waals surface area contributed by atoms with Gasteiger partial charge in [0.25, 0.3) is 0 Å². The lowest BCUT2D eigenvalue weighted by atomic mass is 9.56. The lowest BCUT2D eigenvalue weighted by Crippen LogP contribution is -2.56. The summed E-state index contributed by atoms with van der Waals surface area (Å²) in [6.07, 6.45) is 2.78. The van der Waals surface area contributed by atoms with Crippen molar-refractivity contribution in [2.45, 2.75) is 31.4 Å². The second-order valence-electron chi connectivity index (χ2n) is 8.53. The first-order valence-corrected chi connectivity index (χ1v) is 8.84. The molecular weight excluding hydrogens is 278 g/mol. The van der Waals surface area contributed by atoms with Gasteiger partial charge in [-0.1, -0.05) is 0 Å². The molecule has 0 amide bonds.